The van der Waals surface area contributed by atoms with Crippen LogP contribution in [0.25, 0.3) is 0 Å². The summed E-state index contributed by atoms with van der Waals surface area (Å²) in [5.74, 6) is 1.47. The number of carbonyl (C=O) groups excluding carboxylic acids is 2. The lowest BCUT2D eigenvalue weighted by molar-refractivity contribution is -0.142. The first-order valence-corrected chi connectivity index (χ1v) is 12.3. The molecular weight excluding hydrogens is 412 g/mol. The van der Waals surface area contributed by atoms with Gasteiger partial charge in [0, 0.05) is 51.4 Å². The highest BCUT2D eigenvalue weighted by Crippen LogP contribution is 2.26. The van der Waals surface area contributed by atoms with E-state index in [-0.39, 0.29) is 23.8 Å². The van der Waals surface area contributed by atoms with Crippen LogP contribution in [0.1, 0.15) is 48.8 Å². The zero-order chi connectivity index (χ0) is 23.2. The van der Waals surface area contributed by atoms with E-state index in [1.807, 2.05) is 28.0 Å². The molecule has 0 bridgehead atoms. The van der Waals surface area contributed by atoms with Gasteiger partial charge >= 0.3 is 0 Å². The third-order valence-electron chi connectivity index (χ3n) is 7.06. The van der Waals surface area contributed by atoms with Crippen LogP contribution in [0.3, 0.4) is 0 Å². The predicted octanol–water partition coefficient (Wildman–Crippen LogP) is 4.54. The van der Waals surface area contributed by atoms with Crippen LogP contribution in [-0.4, -0.2) is 53.9 Å². The van der Waals surface area contributed by atoms with E-state index in [1.165, 1.54) is 11.1 Å². The standard InChI is InChI=1S/C28H36N2O3/c1-21-8-9-22(2)26(20-21)33-25-14-18-30(19-15-25)28(32)24-12-16-29(17-13-24)27(31)11-10-23-6-4-3-5-7-23/h3-9,20,24-25H,10-19H2,1-2H3. The normalized spacial score (nSPS) is 17.8. The van der Waals surface area contributed by atoms with E-state index in [1.54, 1.807) is 0 Å². The molecule has 176 valence electrons. The van der Waals surface area contributed by atoms with E-state index in [0.717, 1.165) is 56.5 Å². The molecule has 0 spiro atoms. The molecule has 0 radical (unpaired) electrons. The van der Waals surface area contributed by atoms with Crippen LogP contribution in [0.5, 0.6) is 5.75 Å². The van der Waals surface area contributed by atoms with Crippen LogP contribution < -0.4 is 4.74 Å². The summed E-state index contributed by atoms with van der Waals surface area (Å²) in [6, 6.07) is 16.4. The minimum atomic E-state index is 0.0414. The molecule has 2 fully saturated rings. The number of benzene rings is 2. The van der Waals surface area contributed by atoms with Crippen LogP contribution >= 0.6 is 0 Å². The Morgan fingerprint density at radius 1 is 0.879 bits per heavy atom. The summed E-state index contributed by atoms with van der Waals surface area (Å²) in [4.78, 5) is 29.6. The molecule has 2 amide bonds. The SMILES string of the molecule is Cc1ccc(C)c(OC2CCN(C(=O)C3CCN(C(=O)CCc4ccccc4)CC3)CC2)c1. The fourth-order valence-corrected chi connectivity index (χ4v) is 4.90. The Labute approximate surface area is 197 Å². The van der Waals surface area contributed by atoms with E-state index in [9.17, 15) is 9.59 Å². The van der Waals surface area contributed by atoms with Crippen molar-refractivity contribution in [1.82, 2.24) is 9.80 Å². The number of aryl methyl sites for hydroxylation is 3. The molecule has 0 atom stereocenters. The largest absolute Gasteiger partial charge is 0.490 e. The predicted molar refractivity (Wildman–Crippen MR) is 130 cm³/mol. The summed E-state index contributed by atoms with van der Waals surface area (Å²) in [6.45, 7) is 7.05. The van der Waals surface area contributed by atoms with Crippen LogP contribution in [-0.2, 0) is 16.0 Å². The number of carbonyl (C=O) groups is 2. The van der Waals surface area contributed by atoms with Crippen molar-refractivity contribution in [2.24, 2.45) is 5.92 Å². The summed E-state index contributed by atoms with van der Waals surface area (Å²) < 4.78 is 6.25. The Balaban J connectivity index is 1.19. The average molecular weight is 449 g/mol. The molecule has 0 N–H and O–H groups in total. The third kappa shape index (κ3) is 6.16. The maximum atomic E-state index is 13.1. The second kappa shape index (κ2) is 10.9. The fraction of sp³-hybridized carbons (Fsp3) is 0.500. The molecular formula is C28H36N2O3. The molecule has 2 saturated heterocycles. The van der Waals surface area contributed by atoms with Crippen LogP contribution in [0.2, 0.25) is 0 Å². The number of piperidine rings is 2. The molecule has 4 rings (SSSR count). The van der Waals surface area contributed by atoms with Gasteiger partial charge in [-0.2, -0.15) is 0 Å². The number of ether oxygens (including phenoxy) is 1. The lowest BCUT2D eigenvalue weighted by atomic mass is 9.93. The van der Waals surface area contributed by atoms with Crippen molar-refractivity contribution in [3.05, 3.63) is 65.2 Å². The molecule has 0 unspecified atom stereocenters. The van der Waals surface area contributed by atoms with Crippen molar-refractivity contribution in [2.45, 2.75) is 58.5 Å². The number of nitrogens with zero attached hydrogens (tertiary/aromatic N) is 2. The van der Waals surface area contributed by atoms with Gasteiger partial charge < -0.3 is 14.5 Å². The molecule has 2 aromatic rings. The summed E-state index contributed by atoms with van der Waals surface area (Å²) in [6.07, 6.45) is 4.77. The van der Waals surface area contributed by atoms with Crippen LogP contribution in [0.4, 0.5) is 0 Å². The smallest absolute Gasteiger partial charge is 0.225 e. The van der Waals surface area contributed by atoms with Gasteiger partial charge in [0.05, 0.1) is 0 Å². The zero-order valence-corrected chi connectivity index (χ0v) is 20.0. The molecule has 2 aliphatic rings. The van der Waals surface area contributed by atoms with Gasteiger partial charge in [-0.05, 0) is 55.9 Å². The van der Waals surface area contributed by atoms with Crippen molar-refractivity contribution in [3.8, 4) is 5.75 Å². The average Bonchev–Trinajstić information content (AvgIpc) is 2.85. The van der Waals surface area contributed by atoms with Gasteiger partial charge in [-0.15, -0.1) is 0 Å². The van der Waals surface area contributed by atoms with Crippen LogP contribution in [0.15, 0.2) is 48.5 Å². The van der Waals surface area contributed by atoms with Gasteiger partial charge in [0.15, 0.2) is 0 Å². The number of amides is 2. The quantitative estimate of drug-likeness (QED) is 0.652. The first kappa shape index (κ1) is 23.3. The lowest BCUT2D eigenvalue weighted by Crippen LogP contribution is -2.47. The molecule has 33 heavy (non-hydrogen) atoms. The zero-order valence-electron chi connectivity index (χ0n) is 20.0. The Morgan fingerprint density at radius 2 is 1.55 bits per heavy atom. The molecule has 0 aromatic heterocycles. The van der Waals surface area contributed by atoms with Crippen molar-refractivity contribution in [2.75, 3.05) is 26.2 Å². The first-order valence-electron chi connectivity index (χ1n) is 12.3. The second-order valence-electron chi connectivity index (χ2n) is 9.55. The van der Waals surface area contributed by atoms with E-state index >= 15 is 0 Å². The number of rotatable bonds is 6. The molecule has 0 aliphatic carbocycles. The van der Waals surface area contributed by atoms with Crippen molar-refractivity contribution < 1.29 is 14.3 Å². The van der Waals surface area contributed by atoms with Gasteiger partial charge in [0.25, 0.3) is 0 Å². The summed E-state index contributed by atoms with van der Waals surface area (Å²) in [7, 11) is 0. The van der Waals surface area contributed by atoms with E-state index in [4.69, 9.17) is 4.74 Å². The topological polar surface area (TPSA) is 49.9 Å². The first-order chi connectivity index (χ1) is 16.0. The molecule has 2 aromatic carbocycles. The Morgan fingerprint density at radius 3 is 2.24 bits per heavy atom. The molecule has 2 aliphatic heterocycles. The number of hydrogen-bond donors (Lipinski definition) is 0. The van der Waals surface area contributed by atoms with E-state index in [0.29, 0.717) is 19.5 Å². The Bertz CT molecular complexity index is 943. The highest BCUT2D eigenvalue weighted by Gasteiger charge is 2.32. The van der Waals surface area contributed by atoms with Gasteiger partial charge in [0.2, 0.25) is 11.8 Å². The Hall–Kier alpha value is -2.82. The number of likely N-dealkylation sites (tertiary alicyclic amines) is 2. The number of hydrogen-bond acceptors (Lipinski definition) is 3. The maximum Gasteiger partial charge on any atom is 0.225 e. The van der Waals surface area contributed by atoms with E-state index < -0.39 is 0 Å². The Kier molecular flexibility index (Phi) is 7.69. The maximum absolute atomic E-state index is 13.1. The second-order valence-corrected chi connectivity index (χ2v) is 9.55. The minimum absolute atomic E-state index is 0.0414. The molecule has 0 saturated carbocycles. The van der Waals surface area contributed by atoms with Crippen molar-refractivity contribution in [3.63, 3.8) is 0 Å². The highest BCUT2D eigenvalue weighted by molar-refractivity contribution is 5.80. The molecule has 5 heteroatoms. The monoisotopic (exact) mass is 448 g/mol. The summed E-state index contributed by atoms with van der Waals surface area (Å²) in [5, 5.41) is 0. The lowest BCUT2D eigenvalue weighted by Gasteiger charge is -2.37. The summed E-state index contributed by atoms with van der Waals surface area (Å²) in [5.41, 5.74) is 3.55. The van der Waals surface area contributed by atoms with Gasteiger partial charge in [0.1, 0.15) is 11.9 Å². The van der Waals surface area contributed by atoms with Crippen molar-refractivity contribution in [1.29, 1.82) is 0 Å². The van der Waals surface area contributed by atoms with E-state index in [2.05, 4.69) is 44.2 Å². The summed E-state index contributed by atoms with van der Waals surface area (Å²) >= 11 is 0. The van der Waals surface area contributed by atoms with Gasteiger partial charge in [-0.25, -0.2) is 0 Å². The molecule has 5 nitrogen and oxygen atoms in total. The van der Waals surface area contributed by atoms with Gasteiger partial charge in [-0.3, -0.25) is 9.59 Å². The fourth-order valence-electron chi connectivity index (χ4n) is 4.90. The molecule has 2 heterocycles. The van der Waals surface area contributed by atoms with Crippen LogP contribution in [0, 0.1) is 19.8 Å². The minimum Gasteiger partial charge on any atom is -0.490 e. The van der Waals surface area contributed by atoms with Crippen molar-refractivity contribution >= 4 is 11.8 Å². The highest BCUT2D eigenvalue weighted by atomic mass is 16.5. The van der Waals surface area contributed by atoms with Gasteiger partial charge in [-0.1, -0.05) is 42.5 Å². The third-order valence-corrected chi connectivity index (χ3v) is 7.06.